The van der Waals surface area contributed by atoms with Gasteiger partial charge in [-0.05, 0) is 55.8 Å². The first-order valence-electron chi connectivity index (χ1n) is 13.2. The Hall–Kier alpha value is -4.90. The summed E-state index contributed by atoms with van der Waals surface area (Å²) >= 11 is 1.18. The van der Waals surface area contributed by atoms with E-state index < -0.39 is 18.0 Å². The summed E-state index contributed by atoms with van der Waals surface area (Å²) in [6.45, 7) is 4.60. The zero-order valence-electron chi connectivity index (χ0n) is 23.4. The number of aromatic nitrogens is 1. The van der Waals surface area contributed by atoms with Crippen LogP contribution in [0.15, 0.2) is 80.6 Å². The minimum Gasteiger partial charge on any atom is -0.490 e. The quantitative estimate of drug-likeness (QED) is 0.271. The van der Waals surface area contributed by atoms with Gasteiger partial charge in [-0.3, -0.25) is 9.36 Å². The number of fused-ring (bicyclic) bond motifs is 1. The molecule has 42 heavy (non-hydrogen) atoms. The molecular weight excluding hydrogens is 560 g/mol. The molecule has 1 aliphatic rings. The molecule has 0 spiro atoms. The largest absolute Gasteiger partial charge is 0.490 e. The van der Waals surface area contributed by atoms with Gasteiger partial charge >= 0.3 is 11.9 Å². The van der Waals surface area contributed by atoms with Crippen LogP contribution in [0.5, 0.6) is 11.5 Å². The fraction of sp³-hybridized carbons (Fsp3) is 0.226. The molecule has 10 nitrogen and oxygen atoms in total. The third-order valence-corrected chi connectivity index (χ3v) is 7.50. The van der Waals surface area contributed by atoms with E-state index >= 15 is 0 Å². The van der Waals surface area contributed by atoms with E-state index in [1.54, 1.807) is 60.7 Å². The molecule has 0 bridgehead atoms. The van der Waals surface area contributed by atoms with E-state index in [0.29, 0.717) is 56.7 Å². The lowest BCUT2D eigenvalue weighted by molar-refractivity contribution is -0.136. The van der Waals surface area contributed by atoms with E-state index in [1.807, 2.05) is 13.8 Å². The van der Waals surface area contributed by atoms with Crippen LogP contribution in [0.4, 0.5) is 0 Å². The lowest BCUT2D eigenvalue weighted by atomic mass is 9.97. The highest BCUT2D eigenvalue weighted by Crippen LogP contribution is 2.35. The molecule has 1 atom stereocenters. The first-order valence-corrected chi connectivity index (χ1v) is 14.0. The van der Waals surface area contributed by atoms with Crippen molar-refractivity contribution >= 4 is 29.4 Å². The molecule has 0 N–H and O–H groups in total. The molecule has 4 aromatic rings. The van der Waals surface area contributed by atoms with Crippen LogP contribution in [0.1, 0.15) is 41.6 Å². The van der Waals surface area contributed by atoms with E-state index in [4.69, 9.17) is 23.4 Å². The maximum absolute atomic E-state index is 13.8. The third-order valence-electron chi connectivity index (χ3n) is 6.50. The van der Waals surface area contributed by atoms with Crippen molar-refractivity contribution in [1.82, 2.24) is 4.57 Å². The highest BCUT2D eigenvalue weighted by Gasteiger charge is 2.31. The van der Waals surface area contributed by atoms with Gasteiger partial charge in [-0.15, -0.1) is 0 Å². The van der Waals surface area contributed by atoms with Crippen LogP contribution < -0.4 is 24.4 Å². The zero-order chi connectivity index (χ0) is 29.8. The highest BCUT2D eigenvalue weighted by atomic mass is 32.1. The van der Waals surface area contributed by atoms with Gasteiger partial charge in [0.2, 0.25) is 0 Å². The number of thiazole rings is 1. The van der Waals surface area contributed by atoms with Gasteiger partial charge in [0.25, 0.3) is 5.56 Å². The smallest absolute Gasteiger partial charge is 0.337 e. The van der Waals surface area contributed by atoms with Crippen molar-refractivity contribution in [2.75, 3.05) is 27.4 Å². The summed E-state index contributed by atoms with van der Waals surface area (Å²) in [5.74, 6) is 1.06. The molecule has 0 unspecified atom stereocenters. The standard InChI is InChI=1S/C31H28N2O8S/c1-5-39-24-13-11-20(15-25(24)40-6-2)27-22(30(36)38-4)17-32-31-33(27)28(34)26(42-31)16-21-12-14-23(41-21)18-7-9-19(10-8-18)29(35)37-3/h7-17,27H,5-6H2,1-4H3/b26-16+/t27-/m1/s1. The second-order valence-corrected chi connectivity index (χ2v) is 10.0. The molecule has 1 aliphatic heterocycles. The summed E-state index contributed by atoms with van der Waals surface area (Å²) in [4.78, 5) is 43.2. The number of nitrogens with zero attached hydrogens (tertiary/aromatic N) is 2. The summed E-state index contributed by atoms with van der Waals surface area (Å²) in [5, 5.41) is 0. The van der Waals surface area contributed by atoms with Crippen LogP contribution in [-0.2, 0) is 14.3 Å². The fourth-order valence-corrected chi connectivity index (χ4v) is 5.54. The molecule has 0 amide bonds. The Bertz CT molecular complexity index is 1850. The third kappa shape index (κ3) is 5.51. The number of carbonyl (C=O) groups excluding carboxylic acids is 2. The summed E-state index contributed by atoms with van der Waals surface area (Å²) in [7, 11) is 2.61. The predicted octanol–water partition coefficient (Wildman–Crippen LogP) is 3.86. The summed E-state index contributed by atoms with van der Waals surface area (Å²) in [6.07, 6.45) is 3.07. The van der Waals surface area contributed by atoms with Crippen LogP contribution in [0.2, 0.25) is 0 Å². The number of hydrogen-bond acceptors (Lipinski definition) is 10. The maximum atomic E-state index is 13.8. The average Bonchev–Trinajstić information content (AvgIpc) is 3.61. The van der Waals surface area contributed by atoms with Gasteiger partial charge in [0.15, 0.2) is 16.3 Å². The van der Waals surface area contributed by atoms with Gasteiger partial charge in [0, 0.05) is 17.8 Å². The highest BCUT2D eigenvalue weighted by molar-refractivity contribution is 7.07. The van der Waals surface area contributed by atoms with E-state index in [-0.39, 0.29) is 11.1 Å². The fourth-order valence-electron chi connectivity index (χ4n) is 4.59. The van der Waals surface area contributed by atoms with E-state index in [0.717, 1.165) is 5.56 Å². The molecule has 216 valence electrons. The Morgan fingerprint density at radius 3 is 2.36 bits per heavy atom. The molecule has 0 saturated carbocycles. The average molecular weight is 589 g/mol. The van der Waals surface area contributed by atoms with Crippen molar-refractivity contribution in [2.45, 2.75) is 19.9 Å². The Morgan fingerprint density at radius 2 is 1.67 bits per heavy atom. The topological polar surface area (TPSA) is 119 Å². The molecule has 5 rings (SSSR count). The Kier molecular flexibility index (Phi) is 8.39. The predicted molar refractivity (Wildman–Crippen MR) is 155 cm³/mol. The minimum absolute atomic E-state index is 0.207. The lowest BCUT2D eigenvalue weighted by Gasteiger charge is -2.23. The van der Waals surface area contributed by atoms with Crippen LogP contribution >= 0.6 is 11.3 Å². The molecule has 2 aromatic heterocycles. The number of furan rings is 1. The maximum Gasteiger partial charge on any atom is 0.337 e. The van der Waals surface area contributed by atoms with Crippen LogP contribution in [0, 0.1) is 0 Å². The Balaban J connectivity index is 1.56. The van der Waals surface area contributed by atoms with Crippen LogP contribution in [0.25, 0.3) is 17.4 Å². The Labute approximate surface area is 244 Å². The molecule has 2 aromatic carbocycles. The van der Waals surface area contributed by atoms with E-state index in [1.165, 1.54) is 36.3 Å². The van der Waals surface area contributed by atoms with Crippen molar-refractivity contribution in [3.63, 3.8) is 0 Å². The van der Waals surface area contributed by atoms with Gasteiger partial charge in [0.1, 0.15) is 11.5 Å². The first kappa shape index (κ1) is 28.6. The van der Waals surface area contributed by atoms with Crippen molar-refractivity contribution in [2.24, 2.45) is 4.99 Å². The number of methoxy groups -OCH3 is 2. The second-order valence-electron chi connectivity index (χ2n) is 9.02. The molecule has 0 aliphatic carbocycles. The van der Waals surface area contributed by atoms with Crippen LogP contribution in [0.3, 0.4) is 0 Å². The first-order chi connectivity index (χ1) is 20.4. The van der Waals surface area contributed by atoms with Gasteiger partial charge in [0.05, 0.1) is 49.1 Å². The number of benzene rings is 2. The number of ether oxygens (including phenoxy) is 4. The molecule has 11 heteroatoms. The molecule has 0 saturated heterocycles. The van der Waals surface area contributed by atoms with Crippen molar-refractivity contribution < 1.29 is 33.0 Å². The zero-order valence-corrected chi connectivity index (χ0v) is 24.2. The number of esters is 2. The minimum atomic E-state index is -0.800. The molecule has 3 heterocycles. The van der Waals surface area contributed by atoms with Gasteiger partial charge < -0.3 is 23.4 Å². The molecule has 0 radical (unpaired) electrons. The van der Waals surface area contributed by atoms with Gasteiger partial charge in [-0.1, -0.05) is 29.5 Å². The number of carbonyl (C=O) groups is 2. The van der Waals surface area contributed by atoms with Crippen molar-refractivity contribution in [1.29, 1.82) is 0 Å². The van der Waals surface area contributed by atoms with Gasteiger partial charge in [-0.25, -0.2) is 14.6 Å². The summed E-state index contributed by atoms with van der Waals surface area (Å²) < 4.78 is 29.1. The Morgan fingerprint density at radius 1 is 0.952 bits per heavy atom. The van der Waals surface area contributed by atoms with Crippen molar-refractivity contribution in [3.05, 3.63) is 103 Å². The van der Waals surface area contributed by atoms with Gasteiger partial charge in [-0.2, -0.15) is 0 Å². The van der Waals surface area contributed by atoms with Crippen LogP contribution in [-0.4, -0.2) is 43.9 Å². The van der Waals surface area contributed by atoms with E-state index in [2.05, 4.69) is 4.99 Å². The normalized spacial score (nSPS) is 14.4. The number of rotatable bonds is 9. The molecular formula is C31H28N2O8S. The molecule has 0 fully saturated rings. The number of hydrogen-bond donors (Lipinski definition) is 0. The lowest BCUT2D eigenvalue weighted by Crippen LogP contribution is -2.39. The van der Waals surface area contributed by atoms with E-state index in [9.17, 15) is 14.4 Å². The van der Waals surface area contributed by atoms with Crippen molar-refractivity contribution in [3.8, 4) is 22.8 Å². The summed E-state index contributed by atoms with van der Waals surface area (Å²) in [6, 6.07) is 14.9. The SMILES string of the molecule is CCOc1ccc([C@@H]2C(C(=O)OC)=CN=c3s/c(=C/c4ccc(-c5ccc(C(=O)OC)cc5)o4)c(=O)n32)cc1OCC. The second kappa shape index (κ2) is 12.3. The summed E-state index contributed by atoms with van der Waals surface area (Å²) in [5.41, 5.74) is 1.68. The monoisotopic (exact) mass is 588 g/mol.